The second-order valence-electron chi connectivity index (χ2n) is 5.55. The van der Waals surface area contributed by atoms with E-state index in [4.69, 9.17) is 4.74 Å². The van der Waals surface area contributed by atoms with Gasteiger partial charge in [-0.25, -0.2) is 9.56 Å². The first-order chi connectivity index (χ1) is 12.6. The number of carbonyl (C=O) groups is 1. The summed E-state index contributed by atoms with van der Waals surface area (Å²) < 4.78 is 23.4. The SMILES string of the molecule is COC(=O)/C(=N/P(=O)(c1ccccc1)c1ccccc1)c1ccccc1. The van der Waals surface area contributed by atoms with Crippen LogP contribution in [-0.4, -0.2) is 18.8 Å². The van der Waals surface area contributed by atoms with E-state index < -0.39 is 13.3 Å². The van der Waals surface area contributed by atoms with Crippen LogP contribution in [0.5, 0.6) is 0 Å². The van der Waals surface area contributed by atoms with Crippen molar-refractivity contribution < 1.29 is 14.1 Å². The zero-order valence-corrected chi connectivity index (χ0v) is 15.2. The molecule has 0 radical (unpaired) electrons. The van der Waals surface area contributed by atoms with Crippen LogP contribution in [0, 0.1) is 0 Å². The minimum Gasteiger partial charge on any atom is -0.464 e. The Hall–Kier alpha value is -2.97. The van der Waals surface area contributed by atoms with E-state index in [9.17, 15) is 9.36 Å². The van der Waals surface area contributed by atoms with Crippen LogP contribution >= 0.6 is 7.29 Å². The van der Waals surface area contributed by atoms with Crippen LogP contribution in [0.15, 0.2) is 95.8 Å². The van der Waals surface area contributed by atoms with Gasteiger partial charge in [0, 0.05) is 16.2 Å². The predicted octanol–water partition coefficient (Wildman–Crippen LogP) is 3.58. The van der Waals surface area contributed by atoms with Crippen LogP contribution in [0.1, 0.15) is 5.56 Å². The van der Waals surface area contributed by atoms with Crippen LogP contribution in [0.4, 0.5) is 0 Å². The van der Waals surface area contributed by atoms with Crippen LogP contribution in [0.25, 0.3) is 0 Å². The molecule has 5 heteroatoms. The summed E-state index contributed by atoms with van der Waals surface area (Å²) >= 11 is 0. The molecule has 26 heavy (non-hydrogen) atoms. The summed E-state index contributed by atoms with van der Waals surface area (Å²) in [6, 6.07) is 26.9. The van der Waals surface area contributed by atoms with Gasteiger partial charge < -0.3 is 4.74 Å². The number of hydrogen-bond acceptors (Lipinski definition) is 3. The lowest BCUT2D eigenvalue weighted by molar-refractivity contribution is -0.132. The maximum atomic E-state index is 14.0. The van der Waals surface area contributed by atoms with Gasteiger partial charge in [-0.1, -0.05) is 66.7 Å². The molecule has 0 unspecified atom stereocenters. The molecule has 0 atom stereocenters. The minimum atomic E-state index is -3.43. The van der Waals surface area contributed by atoms with Gasteiger partial charge in [-0.15, -0.1) is 0 Å². The van der Waals surface area contributed by atoms with E-state index in [0.29, 0.717) is 16.2 Å². The highest BCUT2D eigenvalue weighted by molar-refractivity contribution is 7.77. The van der Waals surface area contributed by atoms with Crippen molar-refractivity contribution in [2.75, 3.05) is 7.11 Å². The molecule has 3 aromatic carbocycles. The molecule has 0 spiro atoms. The second-order valence-corrected chi connectivity index (χ2v) is 7.94. The number of methoxy groups -OCH3 is 1. The third-order valence-electron chi connectivity index (χ3n) is 3.88. The van der Waals surface area contributed by atoms with Crippen LogP contribution < -0.4 is 10.6 Å². The Kier molecular flexibility index (Phi) is 5.45. The van der Waals surface area contributed by atoms with Gasteiger partial charge in [0.2, 0.25) is 7.29 Å². The Morgan fingerprint density at radius 2 is 1.19 bits per heavy atom. The standard InChI is InChI=1S/C21H18NO3P/c1-25-21(23)20(17-11-5-2-6-12-17)22-26(24,18-13-7-3-8-14-18)19-15-9-4-10-16-19/h2-16H,1H3/b22-20+. The fourth-order valence-electron chi connectivity index (χ4n) is 2.57. The van der Waals surface area contributed by atoms with Gasteiger partial charge in [-0.05, 0) is 24.3 Å². The van der Waals surface area contributed by atoms with Crippen molar-refractivity contribution in [2.24, 2.45) is 4.76 Å². The quantitative estimate of drug-likeness (QED) is 0.396. The monoisotopic (exact) mass is 363 g/mol. The third kappa shape index (κ3) is 3.66. The maximum Gasteiger partial charge on any atom is 0.357 e. The fourth-order valence-corrected chi connectivity index (χ4v) is 4.73. The molecule has 0 aliphatic carbocycles. The summed E-state index contributed by atoms with van der Waals surface area (Å²) in [5.41, 5.74) is 0.607. The Balaban J connectivity index is 2.26. The molecule has 0 aliphatic rings. The lowest BCUT2D eigenvalue weighted by Crippen LogP contribution is -2.21. The second kappa shape index (κ2) is 7.94. The van der Waals surface area contributed by atoms with Gasteiger partial charge in [-0.3, -0.25) is 4.57 Å². The first kappa shape index (κ1) is 17.8. The number of ether oxygens (including phenoxy) is 1. The molecule has 0 amide bonds. The molecule has 0 aromatic heterocycles. The van der Waals surface area contributed by atoms with Gasteiger partial charge in [0.05, 0.1) is 7.11 Å². The van der Waals surface area contributed by atoms with E-state index >= 15 is 0 Å². The summed E-state index contributed by atoms with van der Waals surface area (Å²) in [5, 5.41) is 1.12. The number of rotatable bonds is 5. The largest absolute Gasteiger partial charge is 0.464 e. The topological polar surface area (TPSA) is 55.7 Å². The fraction of sp³-hybridized carbons (Fsp3) is 0.0476. The van der Waals surface area contributed by atoms with E-state index in [1.807, 2.05) is 18.2 Å². The van der Waals surface area contributed by atoms with Gasteiger partial charge >= 0.3 is 5.97 Å². The zero-order chi connectivity index (χ0) is 18.4. The highest BCUT2D eigenvalue weighted by atomic mass is 31.2. The first-order valence-electron chi connectivity index (χ1n) is 8.10. The molecule has 0 saturated heterocycles. The number of nitrogens with zero attached hydrogens (tertiary/aromatic N) is 1. The summed E-state index contributed by atoms with van der Waals surface area (Å²) in [6.07, 6.45) is 0. The van der Waals surface area contributed by atoms with Gasteiger partial charge in [0.15, 0.2) is 5.71 Å². The lowest BCUT2D eigenvalue weighted by atomic mass is 10.1. The van der Waals surface area contributed by atoms with E-state index in [0.717, 1.165) is 0 Å². The Morgan fingerprint density at radius 1 is 0.769 bits per heavy atom. The zero-order valence-electron chi connectivity index (χ0n) is 14.3. The Morgan fingerprint density at radius 3 is 1.62 bits per heavy atom. The molecule has 0 heterocycles. The van der Waals surface area contributed by atoms with Crippen molar-refractivity contribution in [2.45, 2.75) is 0 Å². The number of benzene rings is 3. The molecule has 130 valence electrons. The van der Waals surface area contributed by atoms with E-state index in [2.05, 4.69) is 4.76 Å². The van der Waals surface area contributed by atoms with Crippen molar-refractivity contribution in [3.05, 3.63) is 96.6 Å². The van der Waals surface area contributed by atoms with Gasteiger partial charge in [0.1, 0.15) is 0 Å². The molecule has 0 saturated carbocycles. The summed E-state index contributed by atoms with van der Waals surface area (Å²) in [7, 11) is -2.14. The lowest BCUT2D eigenvalue weighted by Gasteiger charge is -2.16. The number of hydrogen-bond donors (Lipinski definition) is 0. The maximum absolute atomic E-state index is 14.0. The summed E-state index contributed by atoms with van der Waals surface area (Å²) in [6.45, 7) is 0. The molecule has 3 aromatic rings. The highest BCUT2D eigenvalue weighted by Crippen LogP contribution is 2.45. The molecular weight excluding hydrogens is 345 g/mol. The molecule has 0 fully saturated rings. The molecule has 0 bridgehead atoms. The van der Waals surface area contributed by atoms with Crippen molar-refractivity contribution in [1.29, 1.82) is 0 Å². The van der Waals surface area contributed by atoms with E-state index in [-0.39, 0.29) is 5.71 Å². The Bertz CT molecular complexity index is 911. The molecule has 4 nitrogen and oxygen atoms in total. The van der Waals surface area contributed by atoms with E-state index in [1.54, 1.807) is 72.8 Å². The first-order valence-corrected chi connectivity index (χ1v) is 9.76. The molecule has 0 aliphatic heterocycles. The smallest absolute Gasteiger partial charge is 0.357 e. The average molecular weight is 363 g/mol. The highest BCUT2D eigenvalue weighted by Gasteiger charge is 2.29. The Labute approximate surface area is 152 Å². The number of esters is 1. The molecule has 0 N–H and O–H groups in total. The third-order valence-corrected chi connectivity index (χ3v) is 6.36. The van der Waals surface area contributed by atoms with Crippen LogP contribution in [0.3, 0.4) is 0 Å². The van der Waals surface area contributed by atoms with Crippen LogP contribution in [0.2, 0.25) is 0 Å². The molecular formula is C21H18NO3P. The van der Waals surface area contributed by atoms with Gasteiger partial charge in [0.25, 0.3) is 0 Å². The van der Waals surface area contributed by atoms with Crippen molar-refractivity contribution in [3.8, 4) is 0 Å². The summed E-state index contributed by atoms with van der Waals surface area (Å²) in [4.78, 5) is 12.4. The predicted molar refractivity (Wildman–Crippen MR) is 105 cm³/mol. The minimum absolute atomic E-state index is 0.0455. The summed E-state index contributed by atoms with van der Waals surface area (Å²) in [5.74, 6) is -0.622. The normalized spacial score (nSPS) is 11.8. The average Bonchev–Trinajstić information content (AvgIpc) is 2.73. The van der Waals surface area contributed by atoms with Gasteiger partial charge in [-0.2, -0.15) is 0 Å². The molecule has 3 rings (SSSR count). The van der Waals surface area contributed by atoms with Crippen molar-refractivity contribution in [1.82, 2.24) is 0 Å². The van der Waals surface area contributed by atoms with E-state index in [1.165, 1.54) is 7.11 Å². The number of carbonyl (C=O) groups excluding carboxylic acids is 1. The van der Waals surface area contributed by atoms with Crippen LogP contribution in [-0.2, 0) is 14.1 Å². The van der Waals surface area contributed by atoms with Crippen molar-refractivity contribution >= 4 is 29.6 Å². The van der Waals surface area contributed by atoms with Crippen molar-refractivity contribution in [3.63, 3.8) is 0 Å².